The first kappa shape index (κ1) is 27.2. The van der Waals surface area contributed by atoms with Crippen molar-refractivity contribution in [2.24, 2.45) is 7.05 Å². The number of amides is 1. The van der Waals surface area contributed by atoms with E-state index in [2.05, 4.69) is 56.7 Å². The molecule has 2 aliphatic heterocycles. The second-order valence-corrected chi connectivity index (χ2v) is 12.6. The summed E-state index contributed by atoms with van der Waals surface area (Å²) in [5.41, 5.74) is 13.3. The van der Waals surface area contributed by atoms with Crippen LogP contribution in [-0.2, 0) is 31.5 Å². The van der Waals surface area contributed by atoms with Gasteiger partial charge in [0.25, 0.3) is 5.91 Å². The molecule has 0 atom stereocenters. The molecule has 1 saturated heterocycles. The van der Waals surface area contributed by atoms with E-state index in [4.69, 9.17) is 15.5 Å². The van der Waals surface area contributed by atoms with Crippen LogP contribution in [0.3, 0.4) is 0 Å². The third-order valence-corrected chi connectivity index (χ3v) is 9.54. The van der Waals surface area contributed by atoms with E-state index < -0.39 is 0 Å². The van der Waals surface area contributed by atoms with Gasteiger partial charge < -0.3 is 24.8 Å². The maximum atomic E-state index is 14.2. The van der Waals surface area contributed by atoms with E-state index in [0.29, 0.717) is 43.0 Å². The Morgan fingerprint density at radius 3 is 2.48 bits per heavy atom. The summed E-state index contributed by atoms with van der Waals surface area (Å²) >= 11 is 0. The molecule has 5 aromatic rings. The molecule has 2 fully saturated rings. The first-order valence-corrected chi connectivity index (χ1v) is 15.5. The summed E-state index contributed by atoms with van der Waals surface area (Å²) in [7, 11) is 4.26. The summed E-state index contributed by atoms with van der Waals surface area (Å²) in [6, 6.07) is 12.3. The van der Waals surface area contributed by atoms with Gasteiger partial charge in [0.1, 0.15) is 17.5 Å². The molecular formula is C34H36N8O2. The van der Waals surface area contributed by atoms with Crippen LogP contribution in [0.4, 0.5) is 11.5 Å². The van der Waals surface area contributed by atoms with E-state index in [9.17, 15) is 4.79 Å². The van der Waals surface area contributed by atoms with E-state index in [0.717, 1.165) is 94.7 Å². The molecule has 224 valence electrons. The van der Waals surface area contributed by atoms with Gasteiger partial charge in [-0.05, 0) is 81.2 Å². The van der Waals surface area contributed by atoms with E-state index in [-0.39, 0.29) is 5.91 Å². The summed E-state index contributed by atoms with van der Waals surface area (Å²) in [4.78, 5) is 37.2. The molecule has 1 amide bonds. The van der Waals surface area contributed by atoms with Crippen molar-refractivity contribution in [1.82, 2.24) is 29.4 Å². The number of aromatic nitrogens is 5. The summed E-state index contributed by atoms with van der Waals surface area (Å²) in [6.07, 6.45) is 7.75. The zero-order chi connectivity index (χ0) is 29.9. The molecule has 1 aliphatic carbocycles. The van der Waals surface area contributed by atoms with E-state index in [1.165, 1.54) is 0 Å². The van der Waals surface area contributed by atoms with E-state index >= 15 is 0 Å². The van der Waals surface area contributed by atoms with Gasteiger partial charge in [0.05, 0.1) is 41.9 Å². The number of rotatable bonds is 6. The molecule has 0 radical (unpaired) electrons. The minimum Gasteiger partial charge on any atom is -0.383 e. The van der Waals surface area contributed by atoms with E-state index in [1.807, 2.05) is 18.2 Å². The second-order valence-electron chi connectivity index (χ2n) is 12.6. The molecule has 3 aliphatic rings. The number of benzene rings is 2. The van der Waals surface area contributed by atoms with Crippen molar-refractivity contribution >= 4 is 39.3 Å². The van der Waals surface area contributed by atoms with E-state index in [1.54, 1.807) is 17.3 Å². The van der Waals surface area contributed by atoms with Crippen LogP contribution in [0.2, 0.25) is 0 Å². The lowest BCUT2D eigenvalue weighted by atomic mass is 9.96. The number of piperidine rings is 1. The minimum atomic E-state index is -0.153. The number of anilines is 2. The van der Waals surface area contributed by atoms with Crippen molar-refractivity contribution in [3.63, 3.8) is 0 Å². The number of nitrogens with two attached hydrogens (primary N) is 1. The molecule has 8 rings (SSSR count). The van der Waals surface area contributed by atoms with Crippen LogP contribution in [0.5, 0.6) is 0 Å². The Labute approximate surface area is 255 Å². The van der Waals surface area contributed by atoms with Crippen molar-refractivity contribution in [2.75, 3.05) is 30.8 Å². The molecule has 5 heterocycles. The molecule has 44 heavy (non-hydrogen) atoms. The molecule has 0 spiro atoms. The summed E-state index contributed by atoms with van der Waals surface area (Å²) < 4.78 is 7.86. The lowest BCUT2D eigenvalue weighted by Gasteiger charge is -2.28. The van der Waals surface area contributed by atoms with Crippen LogP contribution in [0.15, 0.2) is 48.8 Å². The van der Waals surface area contributed by atoms with Gasteiger partial charge in [-0.1, -0.05) is 12.1 Å². The average Bonchev–Trinajstić information content (AvgIpc) is 3.68. The van der Waals surface area contributed by atoms with Crippen LogP contribution in [0.25, 0.3) is 21.9 Å². The molecular weight excluding hydrogens is 552 g/mol. The molecule has 10 heteroatoms. The number of likely N-dealkylation sites (tertiary alicyclic amines) is 1. The quantitative estimate of drug-likeness (QED) is 0.293. The van der Waals surface area contributed by atoms with Crippen molar-refractivity contribution in [1.29, 1.82) is 0 Å². The number of nitrogens with zero attached hydrogens (tertiary/aromatic N) is 7. The van der Waals surface area contributed by atoms with Gasteiger partial charge in [-0.25, -0.2) is 19.9 Å². The van der Waals surface area contributed by atoms with Gasteiger partial charge in [-0.2, -0.15) is 0 Å². The highest BCUT2D eigenvalue weighted by Gasteiger charge is 2.28. The number of hydrogen-bond acceptors (Lipinski definition) is 8. The third-order valence-electron chi connectivity index (χ3n) is 9.54. The summed E-state index contributed by atoms with van der Waals surface area (Å²) in [5, 5.41) is 1.04. The zero-order valence-corrected chi connectivity index (χ0v) is 25.2. The van der Waals surface area contributed by atoms with Crippen LogP contribution < -0.4 is 10.6 Å². The van der Waals surface area contributed by atoms with Crippen molar-refractivity contribution < 1.29 is 9.53 Å². The number of pyridine rings is 1. The van der Waals surface area contributed by atoms with Gasteiger partial charge in [0.2, 0.25) is 0 Å². The Bertz CT molecular complexity index is 1910. The summed E-state index contributed by atoms with van der Waals surface area (Å²) in [6.45, 7) is 3.52. The normalized spacial score (nSPS) is 17.4. The number of imidazole rings is 1. The molecule has 10 nitrogen and oxygen atoms in total. The number of carbonyl (C=O) groups excluding carboxylic acids is 1. The highest BCUT2D eigenvalue weighted by molar-refractivity contribution is 6.06. The van der Waals surface area contributed by atoms with Gasteiger partial charge in [0, 0.05) is 47.9 Å². The molecule has 0 bridgehead atoms. The first-order chi connectivity index (χ1) is 21.4. The maximum Gasteiger partial charge on any atom is 0.261 e. The van der Waals surface area contributed by atoms with Crippen LogP contribution in [0.1, 0.15) is 76.2 Å². The Hall–Kier alpha value is -4.41. The minimum absolute atomic E-state index is 0.153. The van der Waals surface area contributed by atoms with Gasteiger partial charge in [-0.15, -0.1) is 0 Å². The molecule has 2 aromatic carbocycles. The Morgan fingerprint density at radius 1 is 0.932 bits per heavy atom. The molecule has 1 saturated carbocycles. The van der Waals surface area contributed by atoms with Crippen LogP contribution in [0, 0.1) is 0 Å². The SMILES string of the molecule is CN1CCC(c2nc3ccc(N(Cc4ccc5c6c(c(N)nc5c4)COC6)C(=O)c4cnc(C5CC5)nc4)cc3n2C)CC1. The lowest BCUT2D eigenvalue weighted by molar-refractivity contribution is 0.0984. The lowest BCUT2D eigenvalue weighted by Crippen LogP contribution is -2.31. The Kier molecular flexibility index (Phi) is 6.57. The van der Waals surface area contributed by atoms with Crippen molar-refractivity contribution in [3.05, 3.63) is 82.7 Å². The Morgan fingerprint density at radius 2 is 1.70 bits per heavy atom. The topological polar surface area (TPSA) is 115 Å². The van der Waals surface area contributed by atoms with Crippen LogP contribution >= 0.6 is 0 Å². The zero-order valence-electron chi connectivity index (χ0n) is 25.2. The molecule has 2 N–H and O–H groups in total. The smallest absolute Gasteiger partial charge is 0.261 e. The molecule has 3 aromatic heterocycles. The fourth-order valence-electron chi connectivity index (χ4n) is 6.73. The number of hydrogen-bond donors (Lipinski definition) is 1. The maximum absolute atomic E-state index is 14.2. The Balaban J connectivity index is 1.17. The summed E-state index contributed by atoms with van der Waals surface area (Å²) in [5.74, 6) is 3.13. The number of carbonyl (C=O) groups is 1. The molecule has 0 unspecified atom stereocenters. The monoisotopic (exact) mass is 588 g/mol. The standard InChI is InChI=1S/C34H36N8O2/c1-40-11-9-22(10-12-40)33-39-28-8-6-24(14-30(28)41(33)2)42(34(43)23-15-36-32(37-16-23)21-4-5-21)17-20-3-7-25-26-18-44-19-27(26)31(35)38-29(25)13-20/h3,6-8,13-16,21-22H,4-5,9-12,17-19H2,1-2H3,(H2,35,38). The fourth-order valence-corrected chi connectivity index (χ4v) is 6.73. The highest BCUT2D eigenvalue weighted by Crippen LogP contribution is 2.38. The fraction of sp³-hybridized carbons (Fsp3) is 0.382. The van der Waals surface area contributed by atoms with Crippen molar-refractivity contribution in [2.45, 2.75) is 57.3 Å². The highest BCUT2D eigenvalue weighted by atomic mass is 16.5. The van der Waals surface area contributed by atoms with Crippen LogP contribution in [-0.4, -0.2) is 55.4 Å². The number of ether oxygens (including phenoxy) is 1. The number of fused-ring (bicyclic) bond motifs is 4. The first-order valence-electron chi connectivity index (χ1n) is 15.5. The third kappa shape index (κ3) is 4.78. The number of nitrogen functional groups attached to an aromatic ring is 1. The van der Waals surface area contributed by atoms with Gasteiger partial charge in [0.15, 0.2) is 0 Å². The predicted molar refractivity (Wildman–Crippen MR) is 169 cm³/mol. The van der Waals surface area contributed by atoms with Gasteiger partial charge in [-0.3, -0.25) is 4.79 Å². The van der Waals surface area contributed by atoms with Gasteiger partial charge >= 0.3 is 0 Å². The number of aryl methyl sites for hydroxylation is 1. The largest absolute Gasteiger partial charge is 0.383 e. The predicted octanol–water partition coefficient (Wildman–Crippen LogP) is 5.06. The van der Waals surface area contributed by atoms with Crippen molar-refractivity contribution in [3.8, 4) is 0 Å². The second kappa shape index (κ2) is 10.6. The average molecular weight is 589 g/mol.